The summed E-state index contributed by atoms with van der Waals surface area (Å²) in [6.07, 6.45) is 27.7. The van der Waals surface area contributed by atoms with Crippen LogP contribution in [0.3, 0.4) is 0 Å². The fourth-order valence-corrected chi connectivity index (χ4v) is 4.28. The molecule has 0 spiro atoms. The zero-order valence-electron chi connectivity index (χ0n) is 20.7. The van der Waals surface area contributed by atoms with Crippen LogP contribution in [-0.4, -0.2) is 30.1 Å². The zero-order chi connectivity index (χ0) is 22.1. The molecule has 0 fully saturated rings. The maximum Gasteiger partial charge on any atom is 0.149 e. The molecule has 0 bridgehead atoms. The topological polar surface area (TPSA) is 49.3 Å². The highest BCUT2D eigenvalue weighted by Crippen LogP contribution is 2.15. The van der Waals surface area contributed by atoms with Gasteiger partial charge in [-0.25, -0.2) is 0 Å². The molecule has 0 aromatic heterocycles. The van der Waals surface area contributed by atoms with Crippen molar-refractivity contribution in [2.24, 2.45) is 0 Å². The quantitative estimate of drug-likeness (QED) is 0.147. The van der Waals surface area contributed by atoms with E-state index in [0.717, 1.165) is 12.8 Å². The smallest absolute Gasteiger partial charge is 0.149 e. The molecule has 0 aromatic rings. The Morgan fingerprint density at radius 2 is 1.00 bits per heavy atom. The summed E-state index contributed by atoms with van der Waals surface area (Å²) >= 11 is 0. The number of aliphatic hydroxyl groups excluding tert-OH is 1. The third-order valence-electron chi connectivity index (χ3n) is 6.33. The summed E-state index contributed by atoms with van der Waals surface area (Å²) in [6.45, 7) is 4.94. The molecule has 3 heteroatoms. The van der Waals surface area contributed by atoms with Gasteiger partial charge in [-0.2, -0.15) is 0 Å². The van der Waals surface area contributed by atoms with Crippen molar-refractivity contribution in [1.82, 2.24) is 5.32 Å². The maximum atomic E-state index is 12.1. The lowest BCUT2D eigenvalue weighted by atomic mass is 10.0. The first kappa shape index (κ1) is 29.6. The van der Waals surface area contributed by atoms with Crippen LogP contribution in [0.5, 0.6) is 0 Å². The van der Waals surface area contributed by atoms with Gasteiger partial charge in [0, 0.05) is 13.0 Å². The van der Waals surface area contributed by atoms with E-state index in [9.17, 15) is 4.79 Å². The van der Waals surface area contributed by atoms with Gasteiger partial charge in [0.1, 0.15) is 5.78 Å². The molecule has 1 unspecified atom stereocenters. The summed E-state index contributed by atoms with van der Waals surface area (Å²) in [4.78, 5) is 12.1. The Morgan fingerprint density at radius 3 is 1.33 bits per heavy atom. The lowest BCUT2D eigenvalue weighted by molar-refractivity contribution is -0.121. The normalized spacial score (nSPS) is 12.4. The molecule has 0 aromatic carbocycles. The van der Waals surface area contributed by atoms with Crippen molar-refractivity contribution < 1.29 is 9.90 Å². The van der Waals surface area contributed by atoms with Gasteiger partial charge >= 0.3 is 0 Å². The number of nitrogens with one attached hydrogen (secondary N) is 1. The molecule has 0 amide bonds. The van der Waals surface area contributed by atoms with E-state index in [1.165, 1.54) is 116 Å². The Balaban J connectivity index is 3.22. The van der Waals surface area contributed by atoms with E-state index in [0.29, 0.717) is 18.7 Å². The average Bonchev–Trinajstić information content (AvgIpc) is 2.75. The van der Waals surface area contributed by atoms with Crippen LogP contribution in [0.2, 0.25) is 0 Å². The summed E-state index contributed by atoms with van der Waals surface area (Å²) in [6, 6.07) is -0.0623. The first-order valence-corrected chi connectivity index (χ1v) is 13.6. The van der Waals surface area contributed by atoms with E-state index in [-0.39, 0.29) is 12.6 Å². The minimum atomic E-state index is -0.0623. The Hall–Kier alpha value is -0.410. The van der Waals surface area contributed by atoms with Gasteiger partial charge < -0.3 is 10.4 Å². The second-order valence-electron chi connectivity index (χ2n) is 9.22. The Bertz CT molecular complexity index is 346. The molecular weight excluding hydrogens is 370 g/mol. The minimum Gasteiger partial charge on any atom is -0.395 e. The predicted octanol–water partition coefficient (Wildman–Crippen LogP) is 7.74. The Morgan fingerprint density at radius 1 is 0.633 bits per heavy atom. The number of unbranched alkanes of at least 4 members (excludes halogenated alkanes) is 18. The maximum absolute atomic E-state index is 12.1. The number of hydrogen-bond donors (Lipinski definition) is 2. The largest absolute Gasteiger partial charge is 0.395 e. The molecule has 0 saturated heterocycles. The predicted molar refractivity (Wildman–Crippen MR) is 132 cm³/mol. The molecule has 0 heterocycles. The van der Waals surface area contributed by atoms with Crippen LogP contribution in [0, 0.1) is 0 Å². The standard InChI is InChI=1S/C27H55NO2/c1-3-5-6-7-8-9-10-11-12-13-14-15-16-17-18-19-20-21-22-23-27(30)26(4-2)28-24-25-29/h26,28-29H,3-25H2,1-2H3. The molecule has 0 aliphatic heterocycles. The molecule has 0 aliphatic carbocycles. The van der Waals surface area contributed by atoms with E-state index >= 15 is 0 Å². The number of hydrogen-bond acceptors (Lipinski definition) is 3. The SMILES string of the molecule is CCCCCCCCCCCCCCCCCCCCCC(=O)C(CC)NCCO. The highest BCUT2D eigenvalue weighted by atomic mass is 16.3. The summed E-state index contributed by atoms with van der Waals surface area (Å²) in [5.41, 5.74) is 0. The van der Waals surface area contributed by atoms with Crippen LogP contribution < -0.4 is 5.32 Å². The van der Waals surface area contributed by atoms with Gasteiger partial charge in [-0.15, -0.1) is 0 Å². The third-order valence-corrected chi connectivity index (χ3v) is 6.33. The van der Waals surface area contributed by atoms with Crippen molar-refractivity contribution in [2.45, 2.75) is 155 Å². The molecular formula is C27H55NO2. The van der Waals surface area contributed by atoms with Crippen molar-refractivity contribution in [3.05, 3.63) is 0 Å². The van der Waals surface area contributed by atoms with Crippen LogP contribution in [0.15, 0.2) is 0 Å². The van der Waals surface area contributed by atoms with Gasteiger partial charge in [0.15, 0.2) is 0 Å². The molecule has 30 heavy (non-hydrogen) atoms. The van der Waals surface area contributed by atoms with Crippen molar-refractivity contribution >= 4 is 5.78 Å². The number of rotatable bonds is 25. The van der Waals surface area contributed by atoms with Gasteiger partial charge in [0.25, 0.3) is 0 Å². The summed E-state index contributed by atoms with van der Waals surface area (Å²) < 4.78 is 0. The minimum absolute atomic E-state index is 0.0623. The molecule has 2 N–H and O–H groups in total. The number of ketones is 1. The van der Waals surface area contributed by atoms with E-state index in [1.54, 1.807) is 0 Å². The van der Waals surface area contributed by atoms with E-state index in [2.05, 4.69) is 12.2 Å². The first-order chi connectivity index (χ1) is 14.8. The van der Waals surface area contributed by atoms with E-state index in [4.69, 9.17) is 5.11 Å². The molecule has 3 nitrogen and oxygen atoms in total. The van der Waals surface area contributed by atoms with E-state index in [1.807, 2.05) is 6.92 Å². The lowest BCUT2D eigenvalue weighted by Crippen LogP contribution is -2.37. The highest BCUT2D eigenvalue weighted by Gasteiger charge is 2.14. The summed E-state index contributed by atoms with van der Waals surface area (Å²) in [5.74, 6) is 0.318. The molecule has 1 atom stereocenters. The highest BCUT2D eigenvalue weighted by molar-refractivity contribution is 5.83. The van der Waals surface area contributed by atoms with Crippen LogP contribution in [0.1, 0.15) is 149 Å². The first-order valence-electron chi connectivity index (χ1n) is 13.6. The molecule has 0 rings (SSSR count). The van der Waals surface area contributed by atoms with Gasteiger partial charge in [0.2, 0.25) is 0 Å². The van der Waals surface area contributed by atoms with Crippen LogP contribution >= 0.6 is 0 Å². The number of carbonyl (C=O) groups excluding carboxylic acids is 1. The second kappa shape index (κ2) is 24.9. The summed E-state index contributed by atoms with van der Waals surface area (Å²) in [7, 11) is 0. The van der Waals surface area contributed by atoms with Crippen LogP contribution in [-0.2, 0) is 4.79 Å². The molecule has 0 saturated carbocycles. The Labute approximate surface area is 189 Å². The molecule has 0 radical (unpaired) electrons. The fraction of sp³-hybridized carbons (Fsp3) is 0.963. The van der Waals surface area contributed by atoms with Crippen molar-refractivity contribution in [2.75, 3.05) is 13.2 Å². The number of aliphatic hydroxyl groups is 1. The van der Waals surface area contributed by atoms with Gasteiger partial charge in [-0.3, -0.25) is 4.79 Å². The monoisotopic (exact) mass is 425 g/mol. The van der Waals surface area contributed by atoms with Gasteiger partial charge in [0.05, 0.1) is 12.6 Å². The Kier molecular flexibility index (Phi) is 24.5. The second-order valence-corrected chi connectivity index (χ2v) is 9.22. The number of Topliss-reactive ketones (excluding diaryl/α,β-unsaturated/α-hetero) is 1. The fourth-order valence-electron chi connectivity index (χ4n) is 4.28. The average molecular weight is 426 g/mol. The van der Waals surface area contributed by atoms with Crippen molar-refractivity contribution in [1.29, 1.82) is 0 Å². The lowest BCUT2D eigenvalue weighted by Gasteiger charge is -2.14. The number of carbonyl (C=O) groups is 1. The van der Waals surface area contributed by atoms with Crippen LogP contribution in [0.25, 0.3) is 0 Å². The van der Waals surface area contributed by atoms with Crippen LogP contribution in [0.4, 0.5) is 0 Å². The van der Waals surface area contributed by atoms with Gasteiger partial charge in [-0.1, -0.05) is 129 Å². The van der Waals surface area contributed by atoms with Crippen molar-refractivity contribution in [3.63, 3.8) is 0 Å². The summed E-state index contributed by atoms with van der Waals surface area (Å²) in [5, 5.41) is 12.0. The molecule has 180 valence electrons. The van der Waals surface area contributed by atoms with E-state index < -0.39 is 0 Å². The van der Waals surface area contributed by atoms with Crippen molar-refractivity contribution in [3.8, 4) is 0 Å². The molecule has 0 aliphatic rings. The zero-order valence-corrected chi connectivity index (χ0v) is 20.7. The third kappa shape index (κ3) is 20.8. The van der Waals surface area contributed by atoms with Gasteiger partial charge in [-0.05, 0) is 12.8 Å².